The van der Waals surface area contributed by atoms with Crippen molar-refractivity contribution in [1.82, 2.24) is 9.62 Å². The third kappa shape index (κ3) is 4.71. The Kier molecular flexibility index (Phi) is 6.80. The number of ether oxygens (including phenoxy) is 2. The zero-order valence-electron chi connectivity index (χ0n) is 14.9. The molecule has 1 heterocycles. The molecule has 1 aromatic rings. The minimum Gasteiger partial charge on any atom is -0.496 e. The quantitative estimate of drug-likeness (QED) is 0.789. The van der Waals surface area contributed by atoms with E-state index in [0.717, 1.165) is 19.3 Å². The molecular weight excluding hydrogens is 344 g/mol. The lowest BCUT2D eigenvalue weighted by molar-refractivity contribution is 0.0902. The van der Waals surface area contributed by atoms with Crippen molar-refractivity contribution in [3.05, 3.63) is 23.8 Å². The van der Waals surface area contributed by atoms with Crippen molar-refractivity contribution in [2.45, 2.75) is 37.1 Å². The Balaban J connectivity index is 2.31. The molecule has 1 aliphatic heterocycles. The first-order chi connectivity index (χ1) is 11.9. The molecule has 0 aromatic heterocycles. The summed E-state index contributed by atoms with van der Waals surface area (Å²) in [6, 6.07) is 4.19. The average molecular weight is 370 g/mol. The summed E-state index contributed by atoms with van der Waals surface area (Å²) in [6.45, 7) is 3.20. The highest BCUT2D eigenvalue weighted by molar-refractivity contribution is 7.89. The van der Waals surface area contributed by atoms with Gasteiger partial charge in [0.25, 0.3) is 5.91 Å². The first-order valence-corrected chi connectivity index (χ1v) is 9.82. The summed E-state index contributed by atoms with van der Waals surface area (Å²) in [5.41, 5.74) is 0.198. The Labute approximate surface area is 149 Å². The number of nitrogens with zero attached hydrogens (tertiary/aromatic N) is 1. The molecule has 1 N–H and O–H groups in total. The van der Waals surface area contributed by atoms with Gasteiger partial charge in [-0.05, 0) is 38.0 Å². The van der Waals surface area contributed by atoms with Gasteiger partial charge in [0.15, 0.2) is 0 Å². The lowest BCUT2D eigenvalue weighted by Crippen LogP contribution is -2.37. The van der Waals surface area contributed by atoms with Gasteiger partial charge in [0.2, 0.25) is 10.0 Å². The molecule has 0 unspecified atom stereocenters. The zero-order chi connectivity index (χ0) is 18.4. The van der Waals surface area contributed by atoms with Gasteiger partial charge in [-0.15, -0.1) is 0 Å². The lowest BCUT2D eigenvalue weighted by atomic mass is 10.1. The standard InChI is InChI=1S/C17H26N2O5S/c1-13(12-23-2)18-17(20)15-11-14(7-8-16(15)24-3)25(21,22)19-9-5-4-6-10-19/h7-8,11,13H,4-6,9-10,12H2,1-3H3,(H,18,20)/t13-/m1/s1. The second-order valence-corrected chi connectivity index (χ2v) is 8.09. The van der Waals surface area contributed by atoms with E-state index in [9.17, 15) is 13.2 Å². The number of carbonyl (C=O) groups excluding carboxylic acids is 1. The molecule has 1 atom stereocenters. The molecule has 2 rings (SSSR count). The molecule has 1 fully saturated rings. The number of nitrogens with one attached hydrogen (secondary N) is 1. The van der Waals surface area contributed by atoms with Gasteiger partial charge in [0.1, 0.15) is 5.75 Å². The van der Waals surface area contributed by atoms with Crippen molar-refractivity contribution >= 4 is 15.9 Å². The van der Waals surface area contributed by atoms with Crippen molar-refractivity contribution in [1.29, 1.82) is 0 Å². The van der Waals surface area contributed by atoms with Crippen LogP contribution in [-0.4, -0.2) is 58.6 Å². The summed E-state index contributed by atoms with van der Waals surface area (Å²) in [5, 5.41) is 2.78. The third-order valence-electron chi connectivity index (χ3n) is 4.16. The molecular formula is C17H26N2O5S. The SMILES string of the molecule is COC[C@@H](C)NC(=O)c1cc(S(=O)(=O)N2CCCCC2)ccc1OC. The molecule has 1 aliphatic rings. The lowest BCUT2D eigenvalue weighted by Gasteiger charge is -2.26. The highest BCUT2D eigenvalue weighted by Gasteiger charge is 2.27. The second-order valence-electron chi connectivity index (χ2n) is 6.16. The van der Waals surface area contributed by atoms with Crippen LogP contribution in [0.3, 0.4) is 0 Å². The van der Waals surface area contributed by atoms with Gasteiger partial charge in [0, 0.05) is 26.2 Å². The fourth-order valence-corrected chi connectivity index (χ4v) is 4.42. The number of piperidine rings is 1. The van der Waals surface area contributed by atoms with Gasteiger partial charge in [-0.25, -0.2) is 8.42 Å². The largest absolute Gasteiger partial charge is 0.496 e. The van der Waals surface area contributed by atoms with Gasteiger partial charge in [-0.2, -0.15) is 4.31 Å². The number of amides is 1. The molecule has 0 radical (unpaired) electrons. The first kappa shape index (κ1) is 19.7. The molecule has 0 bridgehead atoms. The Morgan fingerprint density at radius 3 is 2.52 bits per heavy atom. The van der Waals surface area contributed by atoms with Crippen molar-refractivity contribution in [3.8, 4) is 5.75 Å². The van der Waals surface area contributed by atoms with E-state index in [1.54, 1.807) is 7.11 Å². The van der Waals surface area contributed by atoms with E-state index in [0.29, 0.717) is 25.4 Å². The number of methoxy groups -OCH3 is 2. The molecule has 8 heteroatoms. The molecule has 1 amide bonds. The number of hydrogen-bond acceptors (Lipinski definition) is 5. The van der Waals surface area contributed by atoms with E-state index in [4.69, 9.17) is 9.47 Å². The Hall–Kier alpha value is -1.64. The van der Waals surface area contributed by atoms with Gasteiger partial charge >= 0.3 is 0 Å². The minimum atomic E-state index is -3.61. The molecule has 0 saturated carbocycles. The van der Waals surface area contributed by atoms with Crippen LogP contribution in [0.5, 0.6) is 5.75 Å². The molecule has 0 aliphatic carbocycles. The molecule has 25 heavy (non-hydrogen) atoms. The van der Waals surface area contributed by atoms with Crippen LogP contribution >= 0.6 is 0 Å². The van der Waals surface area contributed by atoms with Crippen molar-refractivity contribution in [2.75, 3.05) is 33.9 Å². The van der Waals surface area contributed by atoms with E-state index in [1.807, 2.05) is 6.92 Å². The van der Waals surface area contributed by atoms with Crippen LogP contribution in [0.2, 0.25) is 0 Å². The van der Waals surface area contributed by atoms with Crippen LogP contribution in [-0.2, 0) is 14.8 Å². The van der Waals surface area contributed by atoms with Crippen LogP contribution in [0.15, 0.2) is 23.1 Å². The summed E-state index contributed by atoms with van der Waals surface area (Å²) in [7, 11) is -0.610. The number of sulfonamides is 1. The number of rotatable bonds is 7. The Morgan fingerprint density at radius 1 is 1.24 bits per heavy atom. The maximum atomic E-state index is 12.8. The minimum absolute atomic E-state index is 0.111. The molecule has 1 aromatic carbocycles. The predicted molar refractivity (Wildman–Crippen MR) is 94.4 cm³/mol. The second kappa shape index (κ2) is 8.64. The number of carbonyl (C=O) groups is 1. The normalized spacial score (nSPS) is 17.1. The molecule has 140 valence electrons. The van der Waals surface area contributed by atoms with Crippen LogP contribution in [0.25, 0.3) is 0 Å². The van der Waals surface area contributed by atoms with Crippen LogP contribution in [0.4, 0.5) is 0 Å². The first-order valence-electron chi connectivity index (χ1n) is 8.38. The fraction of sp³-hybridized carbons (Fsp3) is 0.588. The van der Waals surface area contributed by atoms with E-state index in [1.165, 1.54) is 29.6 Å². The maximum Gasteiger partial charge on any atom is 0.255 e. The Morgan fingerprint density at radius 2 is 1.92 bits per heavy atom. The summed E-state index contributed by atoms with van der Waals surface area (Å²) in [5.74, 6) is -0.0585. The summed E-state index contributed by atoms with van der Waals surface area (Å²) >= 11 is 0. The average Bonchev–Trinajstić information content (AvgIpc) is 2.62. The monoisotopic (exact) mass is 370 g/mol. The van der Waals surface area contributed by atoms with E-state index >= 15 is 0 Å². The van der Waals surface area contributed by atoms with Crippen LogP contribution < -0.4 is 10.1 Å². The van der Waals surface area contributed by atoms with Gasteiger partial charge in [-0.1, -0.05) is 6.42 Å². The van der Waals surface area contributed by atoms with E-state index in [2.05, 4.69) is 5.32 Å². The molecule has 0 spiro atoms. The highest BCUT2D eigenvalue weighted by atomic mass is 32.2. The molecule has 7 nitrogen and oxygen atoms in total. The third-order valence-corrected chi connectivity index (χ3v) is 6.06. The van der Waals surface area contributed by atoms with E-state index < -0.39 is 15.9 Å². The fourth-order valence-electron chi connectivity index (χ4n) is 2.87. The topological polar surface area (TPSA) is 84.9 Å². The summed E-state index contributed by atoms with van der Waals surface area (Å²) in [4.78, 5) is 12.6. The van der Waals surface area contributed by atoms with Gasteiger partial charge in [-0.3, -0.25) is 4.79 Å². The van der Waals surface area contributed by atoms with Gasteiger partial charge in [0.05, 0.1) is 24.2 Å². The number of benzene rings is 1. The predicted octanol–water partition coefficient (Wildman–Crippen LogP) is 1.63. The Bertz CT molecular complexity index is 699. The van der Waals surface area contributed by atoms with E-state index in [-0.39, 0.29) is 16.5 Å². The van der Waals surface area contributed by atoms with Crippen LogP contribution in [0, 0.1) is 0 Å². The smallest absolute Gasteiger partial charge is 0.255 e. The number of hydrogen-bond donors (Lipinski definition) is 1. The van der Waals surface area contributed by atoms with Gasteiger partial charge < -0.3 is 14.8 Å². The summed E-state index contributed by atoms with van der Waals surface area (Å²) < 4.78 is 37.3. The van der Waals surface area contributed by atoms with Crippen LogP contribution in [0.1, 0.15) is 36.5 Å². The van der Waals surface area contributed by atoms with Crippen molar-refractivity contribution in [2.24, 2.45) is 0 Å². The molecule has 1 saturated heterocycles. The highest BCUT2D eigenvalue weighted by Crippen LogP contribution is 2.26. The summed E-state index contributed by atoms with van der Waals surface area (Å²) in [6.07, 6.45) is 2.76. The van der Waals surface area contributed by atoms with Crippen molar-refractivity contribution < 1.29 is 22.7 Å². The van der Waals surface area contributed by atoms with Crippen molar-refractivity contribution in [3.63, 3.8) is 0 Å². The maximum absolute atomic E-state index is 12.8. The zero-order valence-corrected chi connectivity index (χ0v) is 15.8.